The van der Waals surface area contributed by atoms with E-state index in [4.69, 9.17) is 4.74 Å². The number of aromatic nitrogens is 2. The lowest BCUT2D eigenvalue weighted by Crippen LogP contribution is -2.19. The fourth-order valence-corrected chi connectivity index (χ4v) is 2.13. The fourth-order valence-electron chi connectivity index (χ4n) is 2.13. The maximum absolute atomic E-state index is 5.84. The van der Waals surface area contributed by atoms with Crippen LogP contribution in [0.4, 0.5) is 0 Å². The second kappa shape index (κ2) is 7.27. The molecule has 0 spiro atoms. The van der Waals surface area contributed by atoms with Gasteiger partial charge in [0.25, 0.3) is 0 Å². The summed E-state index contributed by atoms with van der Waals surface area (Å²) in [5.41, 5.74) is 2.55. The summed E-state index contributed by atoms with van der Waals surface area (Å²) in [5, 5.41) is 7.68. The lowest BCUT2D eigenvalue weighted by atomic mass is 10.1. The average molecular weight is 287 g/mol. The first kappa shape index (κ1) is 15.6. The highest BCUT2D eigenvalue weighted by atomic mass is 16.5. The Morgan fingerprint density at radius 2 is 2.10 bits per heavy atom. The molecular formula is C17H25N3O. The minimum Gasteiger partial charge on any atom is -0.454 e. The van der Waals surface area contributed by atoms with Crippen LogP contribution in [0.5, 0.6) is 11.5 Å². The Morgan fingerprint density at radius 3 is 2.71 bits per heavy atom. The standard InChI is InChI=1S/C17H25N3O/c1-5-20-12-17(11-19-20)21-16-7-6-15(14(4)8-16)10-18-9-13(2)3/h6-8,11-13,18H,5,9-10H2,1-4H3. The number of nitrogens with zero attached hydrogens (tertiary/aromatic N) is 2. The van der Waals surface area contributed by atoms with Crippen molar-refractivity contribution in [3.63, 3.8) is 0 Å². The Bertz CT molecular complexity index is 575. The molecule has 4 nitrogen and oxygen atoms in total. The lowest BCUT2D eigenvalue weighted by Gasteiger charge is -2.11. The third-order valence-electron chi connectivity index (χ3n) is 3.35. The van der Waals surface area contributed by atoms with E-state index in [2.05, 4.69) is 50.2 Å². The number of hydrogen-bond acceptors (Lipinski definition) is 3. The first-order valence-corrected chi connectivity index (χ1v) is 7.59. The fraction of sp³-hybridized carbons (Fsp3) is 0.471. The molecule has 1 N–H and O–H groups in total. The number of hydrogen-bond donors (Lipinski definition) is 1. The van der Waals surface area contributed by atoms with E-state index >= 15 is 0 Å². The van der Waals surface area contributed by atoms with E-state index in [9.17, 15) is 0 Å². The number of rotatable bonds is 7. The smallest absolute Gasteiger partial charge is 0.165 e. The molecule has 0 amide bonds. The number of aryl methyl sites for hydroxylation is 2. The van der Waals surface area contributed by atoms with Crippen LogP contribution in [0.25, 0.3) is 0 Å². The van der Waals surface area contributed by atoms with Gasteiger partial charge in [0.05, 0.1) is 12.4 Å². The van der Waals surface area contributed by atoms with Crippen LogP contribution in [-0.4, -0.2) is 16.3 Å². The predicted molar refractivity (Wildman–Crippen MR) is 85.7 cm³/mol. The molecule has 0 aliphatic heterocycles. The Labute approximate surface area is 127 Å². The summed E-state index contributed by atoms with van der Waals surface area (Å²) < 4.78 is 7.69. The van der Waals surface area contributed by atoms with E-state index in [1.165, 1.54) is 11.1 Å². The second-order valence-electron chi connectivity index (χ2n) is 5.75. The van der Waals surface area contributed by atoms with Crippen molar-refractivity contribution in [2.75, 3.05) is 6.54 Å². The minimum atomic E-state index is 0.669. The Morgan fingerprint density at radius 1 is 1.29 bits per heavy atom. The van der Waals surface area contributed by atoms with Crippen LogP contribution in [0, 0.1) is 12.8 Å². The number of nitrogens with one attached hydrogen (secondary N) is 1. The zero-order valence-electron chi connectivity index (χ0n) is 13.4. The van der Waals surface area contributed by atoms with E-state index < -0.39 is 0 Å². The molecule has 0 saturated heterocycles. The lowest BCUT2D eigenvalue weighted by molar-refractivity contribution is 0.480. The van der Waals surface area contributed by atoms with Crippen LogP contribution in [0.3, 0.4) is 0 Å². The molecule has 114 valence electrons. The third kappa shape index (κ3) is 4.60. The molecule has 2 rings (SSSR count). The van der Waals surface area contributed by atoms with Crippen LogP contribution in [0.2, 0.25) is 0 Å². The van der Waals surface area contributed by atoms with Gasteiger partial charge in [0.15, 0.2) is 5.75 Å². The van der Waals surface area contributed by atoms with Crippen molar-refractivity contribution < 1.29 is 4.74 Å². The molecule has 1 aromatic heterocycles. The van der Waals surface area contributed by atoms with E-state index in [-0.39, 0.29) is 0 Å². The molecular weight excluding hydrogens is 262 g/mol. The van der Waals surface area contributed by atoms with Crippen LogP contribution in [0.15, 0.2) is 30.6 Å². The summed E-state index contributed by atoms with van der Waals surface area (Å²) in [7, 11) is 0. The summed E-state index contributed by atoms with van der Waals surface area (Å²) in [4.78, 5) is 0. The van der Waals surface area contributed by atoms with E-state index in [1.807, 2.05) is 16.9 Å². The van der Waals surface area contributed by atoms with Gasteiger partial charge in [-0.25, -0.2) is 0 Å². The largest absolute Gasteiger partial charge is 0.454 e. The first-order valence-electron chi connectivity index (χ1n) is 7.59. The van der Waals surface area contributed by atoms with Crippen molar-refractivity contribution in [3.05, 3.63) is 41.7 Å². The van der Waals surface area contributed by atoms with Crippen LogP contribution in [0.1, 0.15) is 31.9 Å². The number of ether oxygens (including phenoxy) is 1. The van der Waals surface area contributed by atoms with E-state index in [0.717, 1.165) is 31.1 Å². The van der Waals surface area contributed by atoms with Gasteiger partial charge >= 0.3 is 0 Å². The van der Waals surface area contributed by atoms with Gasteiger partial charge in [0, 0.05) is 13.1 Å². The van der Waals surface area contributed by atoms with Crippen LogP contribution >= 0.6 is 0 Å². The normalized spacial score (nSPS) is 11.1. The highest BCUT2D eigenvalue weighted by Crippen LogP contribution is 2.23. The Balaban J connectivity index is 1.97. The molecule has 0 radical (unpaired) electrons. The topological polar surface area (TPSA) is 39.1 Å². The van der Waals surface area contributed by atoms with Gasteiger partial charge in [0.1, 0.15) is 5.75 Å². The summed E-state index contributed by atoms with van der Waals surface area (Å²) in [6, 6.07) is 6.22. The van der Waals surface area contributed by atoms with Gasteiger partial charge in [0.2, 0.25) is 0 Å². The van der Waals surface area contributed by atoms with Gasteiger partial charge in [-0.3, -0.25) is 4.68 Å². The maximum atomic E-state index is 5.84. The second-order valence-corrected chi connectivity index (χ2v) is 5.75. The van der Waals surface area contributed by atoms with Crippen molar-refractivity contribution in [1.82, 2.24) is 15.1 Å². The van der Waals surface area contributed by atoms with Crippen molar-refractivity contribution in [2.24, 2.45) is 5.92 Å². The van der Waals surface area contributed by atoms with E-state index in [1.54, 1.807) is 6.20 Å². The molecule has 4 heteroatoms. The summed E-state index contributed by atoms with van der Waals surface area (Å²) in [6.07, 6.45) is 3.66. The monoisotopic (exact) mass is 287 g/mol. The van der Waals surface area contributed by atoms with Crippen molar-refractivity contribution in [1.29, 1.82) is 0 Å². The Hall–Kier alpha value is -1.81. The van der Waals surface area contributed by atoms with Crippen molar-refractivity contribution in [2.45, 2.75) is 40.8 Å². The van der Waals surface area contributed by atoms with Crippen molar-refractivity contribution in [3.8, 4) is 11.5 Å². The van der Waals surface area contributed by atoms with Crippen molar-refractivity contribution >= 4 is 0 Å². The molecule has 2 aromatic rings. The number of benzene rings is 1. The van der Waals surface area contributed by atoms with E-state index in [0.29, 0.717) is 5.92 Å². The molecule has 0 fully saturated rings. The summed E-state index contributed by atoms with van der Waals surface area (Å²) in [5.74, 6) is 2.31. The average Bonchev–Trinajstić information content (AvgIpc) is 2.88. The quantitative estimate of drug-likeness (QED) is 0.843. The van der Waals surface area contributed by atoms with Crippen LogP contribution in [-0.2, 0) is 13.1 Å². The van der Waals surface area contributed by atoms with Gasteiger partial charge in [-0.15, -0.1) is 0 Å². The summed E-state index contributed by atoms with van der Waals surface area (Å²) in [6.45, 7) is 11.4. The predicted octanol–water partition coefficient (Wildman–Crippen LogP) is 3.75. The Kier molecular flexibility index (Phi) is 5.39. The SMILES string of the molecule is CCn1cc(Oc2ccc(CNCC(C)C)c(C)c2)cn1. The molecule has 0 atom stereocenters. The molecule has 21 heavy (non-hydrogen) atoms. The molecule has 0 unspecified atom stereocenters. The molecule has 0 saturated carbocycles. The zero-order chi connectivity index (χ0) is 15.2. The highest BCUT2D eigenvalue weighted by molar-refractivity contribution is 5.37. The zero-order valence-corrected chi connectivity index (χ0v) is 13.4. The molecule has 1 aromatic carbocycles. The molecule has 0 aliphatic rings. The maximum Gasteiger partial charge on any atom is 0.165 e. The van der Waals surface area contributed by atoms with Gasteiger partial charge in [-0.05, 0) is 49.6 Å². The highest BCUT2D eigenvalue weighted by Gasteiger charge is 2.04. The van der Waals surface area contributed by atoms with Gasteiger partial charge in [-0.1, -0.05) is 19.9 Å². The molecule has 0 aliphatic carbocycles. The molecule has 1 heterocycles. The first-order chi connectivity index (χ1) is 10.1. The van der Waals surface area contributed by atoms with Gasteiger partial charge in [-0.2, -0.15) is 5.10 Å². The third-order valence-corrected chi connectivity index (χ3v) is 3.35. The minimum absolute atomic E-state index is 0.669. The molecule has 0 bridgehead atoms. The van der Waals surface area contributed by atoms with Crippen LogP contribution < -0.4 is 10.1 Å². The summed E-state index contributed by atoms with van der Waals surface area (Å²) >= 11 is 0. The van der Waals surface area contributed by atoms with Gasteiger partial charge < -0.3 is 10.1 Å².